The van der Waals surface area contributed by atoms with Crippen LogP contribution in [0.15, 0.2) is 35.6 Å². The lowest BCUT2D eigenvalue weighted by Crippen LogP contribution is -2.49. The topological polar surface area (TPSA) is 108 Å². The quantitative estimate of drug-likeness (QED) is 0.303. The molecule has 3 N–H and O–H groups in total. The van der Waals surface area contributed by atoms with Gasteiger partial charge < -0.3 is 20.3 Å². The number of hydrogen-bond acceptors (Lipinski definition) is 5. The van der Waals surface area contributed by atoms with Gasteiger partial charge in [0, 0.05) is 31.2 Å². The number of hydrogen-bond donors (Lipinski definition) is 3. The molecule has 0 saturated carbocycles. The van der Waals surface area contributed by atoms with Gasteiger partial charge in [0.15, 0.2) is 11.8 Å². The number of guanidine groups is 1. The summed E-state index contributed by atoms with van der Waals surface area (Å²) in [4.78, 5) is 22.5. The lowest BCUT2D eigenvalue weighted by molar-refractivity contribution is 0.0963. The first kappa shape index (κ1) is 23.9. The number of ether oxygens (including phenoxy) is 1. The Hall–Kier alpha value is -2.37. The molecule has 1 amide bonds. The number of nitrogens with zero attached hydrogens (tertiary/aromatic N) is 4. The molecule has 1 aliphatic rings. The largest absolute Gasteiger partial charge is 0.450 e. The molecule has 1 aromatic heterocycles. The van der Waals surface area contributed by atoms with Crippen molar-refractivity contribution >= 4 is 36.0 Å². The maximum atomic E-state index is 11.8. The molecule has 0 atom stereocenters. The first-order chi connectivity index (χ1) is 14.2. The van der Waals surface area contributed by atoms with Gasteiger partial charge in [-0.2, -0.15) is 5.10 Å². The van der Waals surface area contributed by atoms with E-state index >= 15 is 0 Å². The fraction of sp³-hybridized carbons (Fsp3) is 0.500. The van der Waals surface area contributed by atoms with Crippen LogP contribution < -0.4 is 10.6 Å². The molecule has 1 fully saturated rings. The van der Waals surface area contributed by atoms with Gasteiger partial charge in [0.2, 0.25) is 0 Å². The number of H-pyrrole nitrogens is 1. The minimum absolute atomic E-state index is 0. The molecule has 3 rings (SSSR count). The highest BCUT2D eigenvalue weighted by molar-refractivity contribution is 14.0. The third-order valence-corrected chi connectivity index (χ3v) is 4.74. The molecule has 30 heavy (non-hydrogen) atoms. The number of carbonyl (C=O) groups excluding carboxylic acids is 1. The highest BCUT2D eigenvalue weighted by Gasteiger charge is 2.24. The van der Waals surface area contributed by atoms with Crippen LogP contribution in [0.5, 0.6) is 0 Å². The molecule has 10 heteroatoms. The van der Waals surface area contributed by atoms with Gasteiger partial charge in [-0.3, -0.25) is 5.10 Å². The normalized spacial score (nSPS) is 14.7. The Morgan fingerprint density at radius 2 is 2.13 bits per heavy atom. The molecule has 1 saturated heterocycles. The van der Waals surface area contributed by atoms with E-state index in [-0.39, 0.29) is 36.1 Å². The van der Waals surface area contributed by atoms with E-state index in [2.05, 4.69) is 31.9 Å². The molecule has 0 aliphatic carbocycles. The second-order valence-corrected chi connectivity index (χ2v) is 6.83. The summed E-state index contributed by atoms with van der Waals surface area (Å²) >= 11 is 0. The first-order valence-electron chi connectivity index (χ1n) is 10.1. The molecule has 2 heterocycles. The van der Waals surface area contributed by atoms with Crippen molar-refractivity contribution in [2.45, 2.75) is 39.3 Å². The van der Waals surface area contributed by atoms with E-state index in [1.165, 1.54) is 6.33 Å². The number of amides is 1. The van der Waals surface area contributed by atoms with Gasteiger partial charge in [-0.1, -0.05) is 18.2 Å². The Morgan fingerprint density at radius 1 is 1.33 bits per heavy atom. The SMILES string of the molecule is CCNC(=NCc1cccc(-c2ncn[nH]2)c1)NC1CCN(C(=O)OCC)CC1.I. The molecule has 0 radical (unpaired) electrons. The number of piperidine rings is 1. The highest BCUT2D eigenvalue weighted by Crippen LogP contribution is 2.16. The molecular formula is C20H30IN7O2. The van der Waals surface area contributed by atoms with Crippen molar-refractivity contribution in [3.8, 4) is 11.4 Å². The standard InChI is InChI=1S/C20H29N7O2.HI/c1-3-21-19(25-17-8-10-27(11-9-17)20(28)29-4-2)22-13-15-6-5-7-16(12-15)18-23-14-24-26-18;/h5-7,12,14,17H,3-4,8-11,13H2,1-2H3,(H2,21,22,25)(H,23,24,26);1H. The Bertz CT molecular complexity index is 805. The molecule has 0 spiro atoms. The van der Waals surface area contributed by atoms with E-state index < -0.39 is 0 Å². The Labute approximate surface area is 194 Å². The molecule has 0 bridgehead atoms. The fourth-order valence-corrected chi connectivity index (χ4v) is 3.27. The summed E-state index contributed by atoms with van der Waals surface area (Å²) in [6.45, 7) is 7.00. The van der Waals surface area contributed by atoms with Crippen LogP contribution in [0.1, 0.15) is 32.3 Å². The number of likely N-dealkylation sites (tertiary alicyclic amines) is 1. The maximum Gasteiger partial charge on any atom is 0.409 e. The maximum absolute atomic E-state index is 11.8. The van der Waals surface area contributed by atoms with Crippen molar-refractivity contribution in [2.75, 3.05) is 26.2 Å². The van der Waals surface area contributed by atoms with E-state index in [1.54, 1.807) is 4.90 Å². The number of rotatable bonds is 6. The fourth-order valence-electron chi connectivity index (χ4n) is 3.27. The Morgan fingerprint density at radius 3 is 2.80 bits per heavy atom. The minimum atomic E-state index is -0.224. The summed E-state index contributed by atoms with van der Waals surface area (Å²) < 4.78 is 5.08. The van der Waals surface area contributed by atoms with Crippen LogP contribution in [0.2, 0.25) is 0 Å². The molecule has 1 aromatic carbocycles. The summed E-state index contributed by atoms with van der Waals surface area (Å²) in [6.07, 6.45) is 3.01. The van der Waals surface area contributed by atoms with Crippen LogP contribution in [-0.4, -0.2) is 64.4 Å². The summed E-state index contributed by atoms with van der Waals surface area (Å²) in [7, 11) is 0. The number of halogens is 1. The zero-order valence-electron chi connectivity index (χ0n) is 17.4. The van der Waals surface area contributed by atoms with Crippen molar-refractivity contribution in [1.29, 1.82) is 0 Å². The predicted octanol–water partition coefficient (Wildman–Crippen LogP) is 2.77. The van der Waals surface area contributed by atoms with E-state index in [1.807, 2.05) is 32.0 Å². The molecule has 2 aromatic rings. The molecule has 1 aliphatic heterocycles. The number of aromatic nitrogens is 3. The van der Waals surface area contributed by atoms with Crippen LogP contribution in [0.4, 0.5) is 4.79 Å². The lowest BCUT2D eigenvalue weighted by atomic mass is 10.1. The van der Waals surface area contributed by atoms with Gasteiger partial charge in [-0.15, -0.1) is 24.0 Å². The van der Waals surface area contributed by atoms with Crippen LogP contribution in [0.25, 0.3) is 11.4 Å². The summed E-state index contributed by atoms with van der Waals surface area (Å²) in [5.74, 6) is 1.53. The van der Waals surface area contributed by atoms with Crippen molar-refractivity contribution in [1.82, 2.24) is 30.7 Å². The van der Waals surface area contributed by atoms with Crippen LogP contribution >= 0.6 is 24.0 Å². The van der Waals surface area contributed by atoms with Crippen LogP contribution in [0, 0.1) is 0 Å². The van der Waals surface area contributed by atoms with Gasteiger partial charge in [-0.05, 0) is 38.3 Å². The summed E-state index contributed by atoms with van der Waals surface area (Å²) in [5.41, 5.74) is 2.08. The zero-order valence-corrected chi connectivity index (χ0v) is 19.8. The van der Waals surface area contributed by atoms with Gasteiger partial charge in [0.1, 0.15) is 6.33 Å². The second kappa shape index (κ2) is 12.4. The average Bonchev–Trinajstić information content (AvgIpc) is 3.28. The Kier molecular flexibility index (Phi) is 9.84. The summed E-state index contributed by atoms with van der Waals surface area (Å²) in [5, 5.41) is 13.6. The third kappa shape index (κ3) is 6.85. The van der Waals surface area contributed by atoms with Gasteiger partial charge in [-0.25, -0.2) is 14.8 Å². The number of nitrogens with one attached hydrogen (secondary N) is 3. The average molecular weight is 527 g/mol. The molecular weight excluding hydrogens is 497 g/mol. The first-order valence-corrected chi connectivity index (χ1v) is 10.1. The monoisotopic (exact) mass is 527 g/mol. The third-order valence-electron chi connectivity index (χ3n) is 4.74. The van der Waals surface area contributed by atoms with Crippen molar-refractivity contribution in [3.05, 3.63) is 36.2 Å². The molecule has 9 nitrogen and oxygen atoms in total. The summed E-state index contributed by atoms with van der Waals surface area (Å²) in [6, 6.07) is 8.37. The minimum Gasteiger partial charge on any atom is -0.450 e. The predicted molar refractivity (Wildman–Crippen MR) is 127 cm³/mol. The van der Waals surface area contributed by atoms with Gasteiger partial charge in [0.25, 0.3) is 0 Å². The van der Waals surface area contributed by atoms with Crippen molar-refractivity contribution < 1.29 is 9.53 Å². The van der Waals surface area contributed by atoms with Gasteiger partial charge in [0.05, 0.1) is 13.2 Å². The van der Waals surface area contributed by atoms with Gasteiger partial charge >= 0.3 is 6.09 Å². The van der Waals surface area contributed by atoms with E-state index in [0.29, 0.717) is 26.2 Å². The van der Waals surface area contributed by atoms with E-state index in [4.69, 9.17) is 9.73 Å². The van der Waals surface area contributed by atoms with E-state index in [9.17, 15) is 4.79 Å². The zero-order chi connectivity index (χ0) is 20.5. The van der Waals surface area contributed by atoms with E-state index in [0.717, 1.165) is 42.3 Å². The molecule has 164 valence electrons. The number of aromatic amines is 1. The number of aliphatic imine (C=N–C) groups is 1. The van der Waals surface area contributed by atoms with Crippen molar-refractivity contribution in [3.63, 3.8) is 0 Å². The van der Waals surface area contributed by atoms with Crippen molar-refractivity contribution in [2.24, 2.45) is 4.99 Å². The van der Waals surface area contributed by atoms with Crippen LogP contribution in [-0.2, 0) is 11.3 Å². The highest BCUT2D eigenvalue weighted by atomic mass is 127. The molecule has 0 unspecified atom stereocenters. The number of carbonyl (C=O) groups is 1. The lowest BCUT2D eigenvalue weighted by Gasteiger charge is -2.32. The Balaban J connectivity index is 0.00000320. The smallest absolute Gasteiger partial charge is 0.409 e. The second-order valence-electron chi connectivity index (χ2n) is 6.83. The van der Waals surface area contributed by atoms with Crippen LogP contribution in [0.3, 0.4) is 0 Å². The number of benzene rings is 1.